The highest BCUT2D eigenvalue weighted by molar-refractivity contribution is 5.97. The van der Waals surface area contributed by atoms with E-state index >= 15 is 0 Å². The average Bonchev–Trinajstić information content (AvgIpc) is 3.02. The van der Waals surface area contributed by atoms with Gasteiger partial charge in [-0.3, -0.25) is 4.79 Å². The van der Waals surface area contributed by atoms with Crippen molar-refractivity contribution in [1.82, 2.24) is 0 Å². The molecule has 4 nitrogen and oxygen atoms in total. The second kappa shape index (κ2) is 7.14. The molecule has 22 heavy (non-hydrogen) atoms. The number of aryl methyl sites for hydroxylation is 1. The molecule has 1 aromatic rings. The van der Waals surface area contributed by atoms with Gasteiger partial charge in [0.15, 0.2) is 0 Å². The molecular formula is C18H27NO3. The van der Waals surface area contributed by atoms with Crippen molar-refractivity contribution in [3.8, 4) is 5.75 Å². The highest BCUT2D eigenvalue weighted by Crippen LogP contribution is 2.28. The number of amides is 1. The van der Waals surface area contributed by atoms with Gasteiger partial charge in [0, 0.05) is 12.8 Å². The van der Waals surface area contributed by atoms with Crippen LogP contribution in [0.15, 0.2) is 18.2 Å². The van der Waals surface area contributed by atoms with Gasteiger partial charge in [0.2, 0.25) is 0 Å². The third kappa shape index (κ3) is 3.80. The summed E-state index contributed by atoms with van der Waals surface area (Å²) in [6.45, 7) is 5.74. The average molecular weight is 305 g/mol. The number of methoxy groups -OCH3 is 1. The first kappa shape index (κ1) is 16.8. The summed E-state index contributed by atoms with van der Waals surface area (Å²) in [5, 5.41) is 2.93. The Morgan fingerprint density at radius 2 is 2.05 bits per heavy atom. The standard InChI is InChI=1S/C18H27NO3/c1-5-18(3,21-4)17(20)19-14-10-11-16(13(2)12-14)22-15-8-6-7-9-15/h10-12,15H,5-9H2,1-4H3,(H,19,20). The monoisotopic (exact) mass is 305 g/mol. The number of ether oxygens (including phenoxy) is 2. The van der Waals surface area contributed by atoms with Crippen LogP contribution in [0.3, 0.4) is 0 Å². The van der Waals surface area contributed by atoms with E-state index in [4.69, 9.17) is 9.47 Å². The van der Waals surface area contributed by atoms with Crippen molar-refractivity contribution in [1.29, 1.82) is 0 Å². The van der Waals surface area contributed by atoms with Crippen molar-refractivity contribution in [3.63, 3.8) is 0 Å². The van der Waals surface area contributed by atoms with Crippen LogP contribution in [0.5, 0.6) is 5.75 Å². The molecule has 4 heteroatoms. The minimum atomic E-state index is -0.799. The largest absolute Gasteiger partial charge is 0.490 e. The number of hydrogen-bond donors (Lipinski definition) is 1. The van der Waals surface area contributed by atoms with Gasteiger partial charge in [0.05, 0.1) is 6.10 Å². The van der Waals surface area contributed by atoms with Crippen molar-refractivity contribution >= 4 is 11.6 Å². The molecule has 1 saturated carbocycles. The zero-order valence-corrected chi connectivity index (χ0v) is 14.1. The molecule has 1 aliphatic carbocycles. The van der Waals surface area contributed by atoms with Crippen molar-refractivity contribution in [2.75, 3.05) is 12.4 Å². The van der Waals surface area contributed by atoms with E-state index in [1.54, 1.807) is 14.0 Å². The highest BCUT2D eigenvalue weighted by Gasteiger charge is 2.31. The lowest BCUT2D eigenvalue weighted by Gasteiger charge is -2.25. The smallest absolute Gasteiger partial charge is 0.256 e. The van der Waals surface area contributed by atoms with Crippen molar-refractivity contribution in [3.05, 3.63) is 23.8 Å². The van der Waals surface area contributed by atoms with Gasteiger partial charge < -0.3 is 14.8 Å². The number of carbonyl (C=O) groups excluding carboxylic acids is 1. The van der Waals surface area contributed by atoms with E-state index < -0.39 is 5.60 Å². The Morgan fingerprint density at radius 3 is 2.59 bits per heavy atom. The van der Waals surface area contributed by atoms with Crippen LogP contribution in [0.25, 0.3) is 0 Å². The lowest BCUT2D eigenvalue weighted by molar-refractivity contribution is -0.136. The molecule has 1 atom stereocenters. The molecule has 1 amide bonds. The Labute approximate surface area is 133 Å². The van der Waals surface area contributed by atoms with Crippen LogP contribution in [0.4, 0.5) is 5.69 Å². The van der Waals surface area contributed by atoms with E-state index in [-0.39, 0.29) is 5.91 Å². The second-order valence-corrected chi connectivity index (χ2v) is 6.25. The van der Waals surface area contributed by atoms with E-state index in [1.807, 2.05) is 32.0 Å². The van der Waals surface area contributed by atoms with Gasteiger partial charge in [-0.15, -0.1) is 0 Å². The Balaban J connectivity index is 2.04. The molecule has 0 bridgehead atoms. The first-order chi connectivity index (χ1) is 10.5. The van der Waals surface area contributed by atoms with Crippen LogP contribution >= 0.6 is 0 Å². The van der Waals surface area contributed by atoms with E-state index in [0.717, 1.165) is 29.8 Å². The quantitative estimate of drug-likeness (QED) is 0.862. The van der Waals surface area contributed by atoms with E-state index in [0.29, 0.717) is 12.5 Å². The van der Waals surface area contributed by atoms with Gasteiger partial charge in [0.1, 0.15) is 11.4 Å². The Bertz CT molecular complexity index is 517. The van der Waals surface area contributed by atoms with Crippen LogP contribution in [-0.4, -0.2) is 24.7 Å². The number of carbonyl (C=O) groups is 1. The Morgan fingerprint density at radius 1 is 1.36 bits per heavy atom. The molecule has 1 unspecified atom stereocenters. The fourth-order valence-corrected chi connectivity index (χ4v) is 2.71. The van der Waals surface area contributed by atoms with Crippen molar-refractivity contribution in [2.45, 2.75) is 64.6 Å². The van der Waals surface area contributed by atoms with Crippen LogP contribution in [0, 0.1) is 6.92 Å². The third-order valence-corrected chi connectivity index (χ3v) is 4.63. The number of anilines is 1. The summed E-state index contributed by atoms with van der Waals surface area (Å²) in [6, 6.07) is 5.79. The minimum absolute atomic E-state index is 0.124. The fraction of sp³-hybridized carbons (Fsp3) is 0.611. The zero-order valence-electron chi connectivity index (χ0n) is 14.1. The van der Waals surface area contributed by atoms with Gasteiger partial charge in [0.25, 0.3) is 5.91 Å². The summed E-state index contributed by atoms with van der Waals surface area (Å²) in [7, 11) is 1.56. The van der Waals surface area contributed by atoms with Gasteiger partial charge in [-0.05, 0) is 69.7 Å². The summed E-state index contributed by atoms with van der Waals surface area (Å²) in [4.78, 5) is 12.3. The molecule has 1 aliphatic rings. The number of hydrogen-bond acceptors (Lipinski definition) is 3. The molecule has 0 aromatic heterocycles. The maximum absolute atomic E-state index is 12.3. The van der Waals surface area contributed by atoms with Crippen LogP contribution in [0.2, 0.25) is 0 Å². The molecule has 2 rings (SSSR count). The predicted octanol–water partition coefficient (Wildman–Crippen LogP) is 4.07. The summed E-state index contributed by atoms with van der Waals surface area (Å²) in [5.74, 6) is 0.788. The van der Waals surface area contributed by atoms with E-state index in [2.05, 4.69) is 5.32 Å². The molecule has 0 spiro atoms. The van der Waals surface area contributed by atoms with Crippen LogP contribution in [-0.2, 0) is 9.53 Å². The number of rotatable bonds is 6. The van der Waals surface area contributed by atoms with E-state index in [9.17, 15) is 4.79 Å². The molecule has 0 radical (unpaired) electrons. The molecule has 0 aliphatic heterocycles. The second-order valence-electron chi connectivity index (χ2n) is 6.25. The van der Waals surface area contributed by atoms with Gasteiger partial charge in [-0.25, -0.2) is 0 Å². The number of benzene rings is 1. The third-order valence-electron chi connectivity index (χ3n) is 4.63. The molecule has 1 aromatic carbocycles. The summed E-state index contributed by atoms with van der Waals surface area (Å²) >= 11 is 0. The molecule has 1 fully saturated rings. The first-order valence-electron chi connectivity index (χ1n) is 8.12. The summed E-state index contributed by atoms with van der Waals surface area (Å²) in [6.07, 6.45) is 5.75. The summed E-state index contributed by atoms with van der Waals surface area (Å²) in [5.41, 5.74) is 1.02. The topological polar surface area (TPSA) is 47.6 Å². The molecular weight excluding hydrogens is 278 g/mol. The lowest BCUT2D eigenvalue weighted by Crippen LogP contribution is -2.41. The normalized spacial score (nSPS) is 18.0. The Hall–Kier alpha value is -1.55. The Kier molecular flexibility index (Phi) is 5.46. The van der Waals surface area contributed by atoms with Gasteiger partial charge in [-0.2, -0.15) is 0 Å². The van der Waals surface area contributed by atoms with Gasteiger partial charge in [-0.1, -0.05) is 6.92 Å². The van der Waals surface area contributed by atoms with E-state index in [1.165, 1.54) is 12.8 Å². The van der Waals surface area contributed by atoms with Gasteiger partial charge >= 0.3 is 0 Å². The first-order valence-corrected chi connectivity index (χ1v) is 8.12. The zero-order chi connectivity index (χ0) is 16.2. The fourth-order valence-electron chi connectivity index (χ4n) is 2.71. The molecule has 1 N–H and O–H groups in total. The van der Waals surface area contributed by atoms with Crippen LogP contribution in [0.1, 0.15) is 51.5 Å². The highest BCUT2D eigenvalue weighted by atomic mass is 16.5. The molecule has 0 heterocycles. The SMILES string of the molecule is CCC(C)(OC)C(=O)Nc1ccc(OC2CCCC2)c(C)c1. The minimum Gasteiger partial charge on any atom is -0.490 e. The van der Waals surface area contributed by atoms with Crippen molar-refractivity contribution < 1.29 is 14.3 Å². The molecule has 122 valence electrons. The molecule has 0 saturated heterocycles. The maximum atomic E-state index is 12.3. The van der Waals surface area contributed by atoms with Crippen molar-refractivity contribution in [2.24, 2.45) is 0 Å². The van der Waals surface area contributed by atoms with Crippen LogP contribution < -0.4 is 10.1 Å². The number of nitrogens with one attached hydrogen (secondary N) is 1. The lowest BCUT2D eigenvalue weighted by atomic mass is 10.0. The summed E-state index contributed by atoms with van der Waals surface area (Å²) < 4.78 is 11.4. The maximum Gasteiger partial charge on any atom is 0.256 e. The predicted molar refractivity (Wildman–Crippen MR) is 88.4 cm³/mol.